The zero-order chi connectivity index (χ0) is 26.2. The van der Waals surface area contributed by atoms with Gasteiger partial charge in [-0.25, -0.2) is 0 Å². The van der Waals surface area contributed by atoms with Crippen LogP contribution in [0, 0.1) is 0 Å². The predicted molar refractivity (Wildman–Crippen MR) is 151 cm³/mol. The highest BCUT2D eigenvalue weighted by atomic mass is 79.9. The van der Waals surface area contributed by atoms with E-state index >= 15 is 0 Å². The van der Waals surface area contributed by atoms with E-state index < -0.39 is 6.04 Å². The molecule has 5 nitrogen and oxygen atoms in total. The summed E-state index contributed by atoms with van der Waals surface area (Å²) >= 11 is 15.8. The Hall–Kier alpha value is -2.54. The summed E-state index contributed by atoms with van der Waals surface area (Å²) in [6.07, 6.45) is 4.50. The summed E-state index contributed by atoms with van der Waals surface area (Å²) in [6, 6.07) is 21.7. The first-order chi connectivity index (χ1) is 17.9. The summed E-state index contributed by atoms with van der Waals surface area (Å²) in [4.78, 5) is 29.0. The standard InChI is InChI=1S/C29H29BrCl2N2O3/c30-22-12-15-27(25(32)17-22)37-19-28(35)34(18-21-10-13-23(31)14-11-21)26(16-20-6-2-1-3-7-20)29(36)33-24-8-4-5-9-24/h1-3,6-7,10-15,17,24,26H,4-5,8-9,16,18-19H2,(H,33,36). The first-order valence-corrected chi connectivity index (χ1v) is 13.9. The number of benzene rings is 3. The Balaban J connectivity index is 1.61. The average molecular weight is 604 g/mol. The highest BCUT2D eigenvalue weighted by Gasteiger charge is 2.32. The number of nitrogens with one attached hydrogen (secondary N) is 1. The van der Waals surface area contributed by atoms with Crippen molar-refractivity contribution in [1.29, 1.82) is 0 Å². The van der Waals surface area contributed by atoms with Gasteiger partial charge in [0.25, 0.3) is 5.91 Å². The van der Waals surface area contributed by atoms with Crippen molar-refractivity contribution < 1.29 is 14.3 Å². The lowest BCUT2D eigenvalue weighted by Crippen LogP contribution is -2.53. The maximum absolute atomic E-state index is 13.7. The second-order valence-electron chi connectivity index (χ2n) is 9.21. The smallest absolute Gasteiger partial charge is 0.261 e. The minimum atomic E-state index is -0.713. The van der Waals surface area contributed by atoms with Crippen molar-refractivity contribution in [2.75, 3.05) is 6.61 Å². The van der Waals surface area contributed by atoms with E-state index in [1.807, 2.05) is 42.5 Å². The summed E-state index contributed by atoms with van der Waals surface area (Å²) in [6.45, 7) is -0.0139. The Morgan fingerprint density at radius 3 is 2.35 bits per heavy atom. The van der Waals surface area contributed by atoms with E-state index in [9.17, 15) is 9.59 Å². The van der Waals surface area contributed by atoms with Crippen molar-refractivity contribution in [2.24, 2.45) is 0 Å². The van der Waals surface area contributed by atoms with E-state index in [0.717, 1.165) is 41.3 Å². The molecule has 3 aromatic carbocycles. The number of halogens is 3. The fourth-order valence-electron chi connectivity index (χ4n) is 4.52. The topological polar surface area (TPSA) is 58.6 Å². The number of carbonyl (C=O) groups excluding carboxylic acids is 2. The van der Waals surface area contributed by atoms with Gasteiger partial charge < -0.3 is 15.0 Å². The maximum Gasteiger partial charge on any atom is 0.261 e. The Morgan fingerprint density at radius 2 is 1.68 bits per heavy atom. The molecule has 3 aromatic rings. The Morgan fingerprint density at radius 1 is 0.973 bits per heavy atom. The van der Waals surface area contributed by atoms with Gasteiger partial charge in [0.05, 0.1) is 5.02 Å². The molecule has 2 amide bonds. The third-order valence-corrected chi connectivity index (χ3v) is 7.52. The van der Waals surface area contributed by atoms with Crippen molar-refractivity contribution in [2.45, 2.75) is 50.7 Å². The Bertz CT molecular complexity index is 1200. The zero-order valence-corrected chi connectivity index (χ0v) is 23.4. The molecule has 8 heteroatoms. The molecule has 0 bridgehead atoms. The van der Waals surface area contributed by atoms with Crippen LogP contribution in [0.1, 0.15) is 36.8 Å². The van der Waals surface area contributed by atoms with Gasteiger partial charge in [0, 0.05) is 28.5 Å². The second kappa shape index (κ2) is 13.3. The van der Waals surface area contributed by atoms with Gasteiger partial charge in [-0.2, -0.15) is 0 Å². The molecule has 37 heavy (non-hydrogen) atoms. The molecule has 0 heterocycles. The molecule has 1 fully saturated rings. The van der Waals surface area contributed by atoms with Gasteiger partial charge in [-0.3, -0.25) is 9.59 Å². The van der Waals surface area contributed by atoms with Crippen LogP contribution in [-0.4, -0.2) is 35.4 Å². The molecular weight excluding hydrogens is 575 g/mol. The van der Waals surface area contributed by atoms with E-state index in [0.29, 0.717) is 22.2 Å². The van der Waals surface area contributed by atoms with Gasteiger partial charge in [-0.15, -0.1) is 0 Å². The zero-order valence-electron chi connectivity index (χ0n) is 20.3. The van der Waals surface area contributed by atoms with Gasteiger partial charge in [-0.1, -0.05) is 94.4 Å². The lowest BCUT2D eigenvalue weighted by molar-refractivity contribution is -0.143. The number of hydrogen-bond acceptors (Lipinski definition) is 3. The lowest BCUT2D eigenvalue weighted by Gasteiger charge is -2.32. The SMILES string of the molecule is O=C(NC1CCCC1)C(Cc1ccccc1)N(Cc1ccc(Cl)cc1)C(=O)COc1ccc(Br)cc1Cl. The maximum atomic E-state index is 13.7. The molecule has 1 unspecified atom stereocenters. The van der Waals surface area contributed by atoms with Crippen molar-refractivity contribution in [3.05, 3.63) is 98.4 Å². The molecule has 0 aliphatic heterocycles. The summed E-state index contributed by atoms with van der Waals surface area (Å²) in [7, 11) is 0. The van der Waals surface area contributed by atoms with E-state index in [1.165, 1.54) is 0 Å². The van der Waals surface area contributed by atoms with E-state index in [2.05, 4.69) is 21.2 Å². The molecular formula is C29H29BrCl2N2O3. The Labute approximate surface area is 236 Å². The minimum absolute atomic E-state index is 0.135. The third-order valence-electron chi connectivity index (χ3n) is 6.48. The van der Waals surface area contributed by atoms with Gasteiger partial charge in [0.15, 0.2) is 6.61 Å². The van der Waals surface area contributed by atoms with Crippen molar-refractivity contribution in [3.8, 4) is 5.75 Å². The highest BCUT2D eigenvalue weighted by Crippen LogP contribution is 2.28. The molecule has 1 aliphatic carbocycles. The predicted octanol–water partition coefficient (Wildman–Crippen LogP) is 6.83. The molecule has 1 N–H and O–H groups in total. The van der Waals surface area contributed by atoms with E-state index in [1.54, 1.807) is 35.2 Å². The van der Waals surface area contributed by atoms with Crippen molar-refractivity contribution in [3.63, 3.8) is 0 Å². The summed E-state index contributed by atoms with van der Waals surface area (Å²) < 4.78 is 6.62. The fourth-order valence-corrected chi connectivity index (χ4v) is 5.38. The van der Waals surface area contributed by atoms with Crippen LogP contribution in [0.3, 0.4) is 0 Å². The van der Waals surface area contributed by atoms with Crippen LogP contribution < -0.4 is 10.1 Å². The molecule has 0 aromatic heterocycles. The molecule has 0 saturated heterocycles. The van der Waals surface area contributed by atoms with Crippen LogP contribution in [0.5, 0.6) is 5.75 Å². The highest BCUT2D eigenvalue weighted by molar-refractivity contribution is 9.10. The largest absolute Gasteiger partial charge is 0.482 e. The molecule has 1 aliphatic rings. The van der Waals surface area contributed by atoms with Gasteiger partial charge in [0.1, 0.15) is 11.8 Å². The monoisotopic (exact) mass is 602 g/mol. The lowest BCUT2D eigenvalue weighted by atomic mass is 10.0. The average Bonchev–Trinajstić information content (AvgIpc) is 3.40. The normalized spacial score (nSPS) is 14.2. The fraction of sp³-hybridized carbons (Fsp3) is 0.310. The third kappa shape index (κ3) is 7.97. The van der Waals surface area contributed by atoms with Crippen LogP contribution in [0.4, 0.5) is 0 Å². The molecule has 4 rings (SSSR count). The molecule has 1 saturated carbocycles. The molecule has 0 spiro atoms. The van der Waals surface area contributed by atoms with Crippen molar-refractivity contribution >= 4 is 50.9 Å². The number of amides is 2. The summed E-state index contributed by atoms with van der Waals surface area (Å²) in [5.74, 6) is -0.0594. The second-order valence-corrected chi connectivity index (χ2v) is 11.0. The minimum Gasteiger partial charge on any atom is -0.482 e. The van der Waals surface area contributed by atoms with Crippen LogP contribution in [-0.2, 0) is 22.6 Å². The van der Waals surface area contributed by atoms with E-state index in [4.69, 9.17) is 27.9 Å². The number of rotatable bonds is 10. The number of carbonyl (C=O) groups is 2. The number of hydrogen-bond donors (Lipinski definition) is 1. The summed E-state index contributed by atoms with van der Waals surface area (Å²) in [5, 5.41) is 4.20. The van der Waals surface area contributed by atoms with Gasteiger partial charge >= 0.3 is 0 Å². The van der Waals surface area contributed by atoms with Crippen LogP contribution in [0.25, 0.3) is 0 Å². The van der Waals surface area contributed by atoms with Crippen LogP contribution >= 0.6 is 39.1 Å². The quantitative estimate of drug-likeness (QED) is 0.276. The van der Waals surface area contributed by atoms with Crippen LogP contribution in [0.15, 0.2) is 77.3 Å². The van der Waals surface area contributed by atoms with E-state index in [-0.39, 0.29) is 31.0 Å². The van der Waals surface area contributed by atoms with Crippen molar-refractivity contribution in [1.82, 2.24) is 10.2 Å². The first kappa shape index (κ1) is 27.5. The molecule has 1 atom stereocenters. The number of nitrogens with zero attached hydrogens (tertiary/aromatic N) is 1. The Kier molecular flexibility index (Phi) is 9.89. The molecule has 0 radical (unpaired) electrons. The van der Waals surface area contributed by atoms with Gasteiger partial charge in [-0.05, 0) is 54.3 Å². The summed E-state index contributed by atoms with van der Waals surface area (Å²) in [5.41, 5.74) is 1.84. The molecule has 194 valence electrons. The first-order valence-electron chi connectivity index (χ1n) is 12.3. The number of ether oxygens (including phenoxy) is 1. The van der Waals surface area contributed by atoms with Crippen LogP contribution in [0.2, 0.25) is 10.0 Å². The van der Waals surface area contributed by atoms with Gasteiger partial charge in [0.2, 0.25) is 5.91 Å².